The van der Waals surface area contributed by atoms with Crippen molar-refractivity contribution in [3.8, 4) is 5.69 Å². The van der Waals surface area contributed by atoms with Gasteiger partial charge in [-0.1, -0.05) is 29.8 Å². The van der Waals surface area contributed by atoms with Gasteiger partial charge in [-0.3, -0.25) is 4.79 Å². The van der Waals surface area contributed by atoms with Crippen molar-refractivity contribution < 1.29 is 4.79 Å². The first-order valence-corrected chi connectivity index (χ1v) is 8.35. The fourth-order valence-electron chi connectivity index (χ4n) is 2.92. The highest BCUT2D eigenvalue weighted by Gasteiger charge is 2.08. The van der Waals surface area contributed by atoms with Gasteiger partial charge in [0, 0.05) is 12.7 Å². The number of nitrogens with zero attached hydrogens (tertiary/aromatic N) is 2. The number of para-hydroxylation sites is 1. The summed E-state index contributed by atoms with van der Waals surface area (Å²) < 4.78 is 1.80. The van der Waals surface area contributed by atoms with E-state index in [0.717, 1.165) is 24.2 Å². The van der Waals surface area contributed by atoms with E-state index in [1.54, 1.807) is 10.9 Å². The standard InChI is InChI=1S/C19H23N3O/c23-19(20-12-11-16-7-3-1-4-8-16)13-17-14-21-22(15-17)18-9-5-2-6-10-18/h2,5-7,9-10,14-15H,1,3-4,8,11-13H2,(H,20,23). The zero-order chi connectivity index (χ0) is 15.9. The Morgan fingerprint density at radius 2 is 2.09 bits per heavy atom. The summed E-state index contributed by atoms with van der Waals surface area (Å²) in [7, 11) is 0. The highest BCUT2D eigenvalue weighted by molar-refractivity contribution is 5.78. The summed E-state index contributed by atoms with van der Waals surface area (Å²) in [5.74, 6) is 0.0639. The molecular weight excluding hydrogens is 286 g/mol. The molecule has 0 radical (unpaired) electrons. The molecule has 4 nitrogen and oxygen atoms in total. The number of hydrogen-bond donors (Lipinski definition) is 1. The second kappa shape index (κ2) is 7.77. The summed E-state index contributed by atoms with van der Waals surface area (Å²) in [6, 6.07) is 9.92. The molecule has 1 aliphatic rings. The lowest BCUT2D eigenvalue weighted by Gasteiger charge is -2.12. The van der Waals surface area contributed by atoms with E-state index in [4.69, 9.17) is 0 Å². The molecule has 0 saturated heterocycles. The summed E-state index contributed by atoms with van der Waals surface area (Å²) in [4.78, 5) is 12.0. The molecule has 1 heterocycles. The molecule has 1 aromatic heterocycles. The van der Waals surface area contributed by atoms with Crippen LogP contribution in [0.5, 0.6) is 0 Å². The number of aromatic nitrogens is 2. The van der Waals surface area contributed by atoms with Crippen molar-refractivity contribution in [1.82, 2.24) is 15.1 Å². The van der Waals surface area contributed by atoms with E-state index in [1.807, 2.05) is 36.5 Å². The van der Waals surface area contributed by atoms with Gasteiger partial charge in [-0.25, -0.2) is 4.68 Å². The number of rotatable bonds is 6. The van der Waals surface area contributed by atoms with Crippen LogP contribution >= 0.6 is 0 Å². The van der Waals surface area contributed by atoms with Crippen LogP contribution in [0.25, 0.3) is 5.69 Å². The molecule has 1 amide bonds. The van der Waals surface area contributed by atoms with Gasteiger partial charge in [0.1, 0.15) is 0 Å². The zero-order valence-corrected chi connectivity index (χ0v) is 13.4. The Bertz CT molecular complexity index is 673. The number of nitrogens with one attached hydrogen (secondary N) is 1. The van der Waals surface area contributed by atoms with Crippen molar-refractivity contribution in [2.24, 2.45) is 0 Å². The fourth-order valence-corrected chi connectivity index (χ4v) is 2.92. The Labute approximate surface area is 137 Å². The van der Waals surface area contributed by atoms with Crippen molar-refractivity contribution in [2.75, 3.05) is 6.54 Å². The molecule has 0 unspecified atom stereocenters. The van der Waals surface area contributed by atoms with Gasteiger partial charge in [-0.2, -0.15) is 5.10 Å². The number of hydrogen-bond acceptors (Lipinski definition) is 2. The van der Waals surface area contributed by atoms with Crippen LogP contribution in [0.4, 0.5) is 0 Å². The third-order valence-corrected chi connectivity index (χ3v) is 4.17. The maximum atomic E-state index is 12.0. The Morgan fingerprint density at radius 3 is 2.87 bits per heavy atom. The van der Waals surface area contributed by atoms with Crippen LogP contribution in [-0.2, 0) is 11.2 Å². The minimum Gasteiger partial charge on any atom is -0.355 e. The first-order valence-electron chi connectivity index (χ1n) is 8.35. The Morgan fingerprint density at radius 1 is 1.22 bits per heavy atom. The minimum absolute atomic E-state index is 0.0639. The second-order valence-electron chi connectivity index (χ2n) is 6.01. The number of allylic oxidation sites excluding steroid dienone is 1. The highest BCUT2D eigenvalue weighted by atomic mass is 16.1. The van der Waals surface area contributed by atoms with Gasteiger partial charge in [0.25, 0.3) is 0 Å². The lowest BCUT2D eigenvalue weighted by atomic mass is 9.97. The van der Waals surface area contributed by atoms with E-state index in [9.17, 15) is 4.79 Å². The molecule has 0 fully saturated rings. The Kier molecular flexibility index (Phi) is 5.25. The van der Waals surface area contributed by atoms with Gasteiger partial charge in [0.2, 0.25) is 5.91 Å². The molecule has 2 aromatic rings. The second-order valence-corrected chi connectivity index (χ2v) is 6.01. The van der Waals surface area contributed by atoms with E-state index in [2.05, 4.69) is 16.5 Å². The molecule has 120 valence electrons. The van der Waals surface area contributed by atoms with Gasteiger partial charge in [-0.05, 0) is 49.8 Å². The maximum Gasteiger partial charge on any atom is 0.224 e. The molecule has 0 saturated carbocycles. The van der Waals surface area contributed by atoms with Crippen molar-refractivity contribution in [1.29, 1.82) is 0 Å². The van der Waals surface area contributed by atoms with Gasteiger partial charge in [-0.15, -0.1) is 0 Å². The predicted octanol–water partition coefficient (Wildman–Crippen LogP) is 3.42. The molecule has 1 aliphatic carbocycles. The molecule has 1 N–H and O–H groups in total. The van der Waals surface area contributed by atoms with E-state index in [1.165, 1.54) is 31.3 Å². The monoisotopic (exact) mass is 309 g/mol. The number of carbonyl (C=O) groups excluding carboxylic acids is 1. The van der Waals surface area contributed by atoms with Gasteiger partial charge in [0.05, 0.1) is 18.3 Å². The molecule has 3 rings (SSSR count). The van der Waals surface area contributed by atoms with Gasteiger partial charge >= 0.3 is 0 Å². The van der Waals surface area contributed by atoms with E-state index in [-0.39, 0.29) is 5.91 Å². The average molecular weight is 309 g/mol. The summed E-state index contributed by atoms with van der Waals surface area (Å²) in [5, 5.41) is 7.33. The molecule has 1 aromatic carbocycles. The van der Waals surface area contributed by atoms with E-state index >= 15 is 0 Å². The van der Waals surface area contributed by atoms with Crippen LogP contribution in [0.3, 0.4) is 0 Å². The van der Waals surface area contributed by atoms with Crippen molar-refractivity contribution >= 4 is 5.91 Å². The molecule has 0 aliphatic heterocycles. The number of carbonyl (C=O) groups is 1. The fraction of sp³-hybridized carbons (Fsp3) is 0.368. The Hall–Kier alpha value is -2.36. The van der Waals surface area contributed by atoms with Crippen molar-refractivity contribution in [2.45, 2.75) is 38.5 Å². The normalized spacial score (nSPS) is 14.3. The topological polar surface area (TPSA) is 46.9 Å². The van der Waals surface area contributed by atoms with Gasteiger partial charge in [0.15, 0.2) is 0 Å². The first-order chi connectivity index (χ1) is 11.3. The molecule has 23 heavy (non-hydrogen) atoms. The maximum absolute atomic E-state index is 12.0. The summed E-state index contributed by atoms with van der Waals surface area (Å²) in [6.07, 6.45) is 12.4. The lowest BCUT2D eigenvalue weighted by Crippen LogP contribution is -2.26. The summed E-state index contributed by atoms with van der Waals surface area (Å²) in [5.41, 5.74) is 3.43. The molecule has 0 spiro atoms. The van der Waals surface area contributed by atoms with Crippen LogP contribution in [0, 0.1) is 0 Å². The van der Waals surface area contributed by atoms with Crippen LogP contribution in [0.2, 0.25) is 0 Å². The largest absolute Gasteiger partial charge is 0.355 e. The zero-order valence-electron chi connectivity index (χ0n) is 13.4. The predicted molar refractivity (Wildman–Crippen MR) is 91.4 cm³/mol. The Balaban J connectivity index is 1.46. The lowest BCUT2D eigenvalue weighted by molar-refractivity contribution is -0.120. The quantitative estimate of drug-likeness (QED) is 0.831. The molecule has 0 atom stereocenters. The minimum atomic E-state index is 0.0639. The SMILES string of the molecule is O=C(Cc1cnn(-c2ccccc2)c1)NCCC1=CCCCC1. The van der Waals surface area contributed by atoms with Crippen LogP contribution in [0.15, 0.2) is 54.4 Å². The summed E-state index contributed by atoms with van der Waals surface area (Å²) >= 11 is 0. The first kappa shape index (κ1) is 15.5. The molecule has 0 bridgehead atoms. The van der Waals surface area contributed by atoms with E-state index in [0.29, 0.717) is 6.42 Å². The number of amides is 1. The van der Waals surface area contributed by atoms with Gasteiger partial charge < -0.3 is 5.32 Å². The smallest absolute Gasteiger partial charge is 0.224 e. The number of benzene rings is 1. The molecular formula is C19H23N3O. The van der Waals surface area contributed by atoms with Crippen LogP contribution in [0.1, 0.15) is 37.7 Å². The third kappa shape index (κ3) is 4.55. The average Bonchev–Trinajstić information content (AvgIpc) is 3.05. The molecule has 4 heteroatoms. The van der Waals surface area contributed by atoms with Crippen LogP contribution < -0.4 is 5.32 Å². The van der Waals surface area contributed by atoms with E-state index < -0.39 is 0 Å². The van der Waals surface area contributed by atoms with Crippen molar-refractivity contribution in [3.05, 3.63) is 59.9 Å². The van der Waals surface area contributed by atoms with Crippen LogP contribution in [-0.4, -0.2) is 22.2 Å². The highest BCUT2D eigenvalue weighted by Crippen LogP contribution is 2.19. The van der Waals surface area contributed by atoms with Crippen molar-refractivity contribution in [3.63, 3.8) is 0 Å². The third-order valence-electron chi connectivity index (χ3n) is 4.17. The summed E-state index contributed by atoms with van der Waals surface area (Å²) in [6.45, 7) is 0.734.